The Balaban J connectivity index is 1.58. The van der Waals surface area contributed by atoms with Crippen LogP contribution in [0.4, 0.5) is 0 Å². The summed E-state index contributed by atoms with van der Waals surface area (Å²) in [5, 5.41) is 8.73. The van der Waals surface area contributed by atoms with E-state index in [0.29, 0.717) is 36.5 Å². The molecule has 1 aliphatic heterocycles. The highest BCUT2D eigenvalue weighted by atomic mass is 16.6. The zero-order valence-corrected chi connectivity index (χ0v) is 13.3. The van der Waals surface area contributed by atoms with Crippen molar-refractivity contribution in [3.8, 4) is 11.5 Å². The van der Waals surface area contributed by atoms with E-state index in [1.165, 1.54) is 0 Å². The number of hydrogen-bond donors (Lipinski definition) is 1. The third kappa shape index (κ3) is 4.57. The lowest BCUT2D eigenvalue weighted by molar-refractivity contribution is 0.103. The van der Waals surface area contributed by atoms with Gasteiger partial charge in [0.25, 0.3) is 0 Å². The van der Waals surface area contributed by atoms with Gasteiger partial charge in [0.15, 0.2) is 5.78 Å². The topological polar surface area (TPSA) is 68.3 Å². The van der Waals surface area contributed by atoms with Crippen molar-refractivity contribution in [3.05, 3.63) is 59.7 Å². The molecule has 1 atom stereocenters. The highest BCUT2D eigenvalue weighted by Crippen LogP contribution is 2.19. The van der Waals surface area contributed by atoms with Crippen LogP contribution in [0.5, 0.6) is 11.5 Å². The Morgan fingerprint density at radius 2 is 1.54 bits per heavy atom. The van der Waals surface area contributed by atoms with Gasteiger partial charge in [0.05, 0.1) is 13.2 Å². The van der Waals surface area contributed by atoms with E-state index in [4.69, 9.17) is 19.3 Å². The van der Waals surface area contributed by atoms with E-state index in [9.17, 15) is 4.79 Å². The number of benzene rings is 2. The van der Waals surface area contributed by atoms with Crippen molar-refractivity contribution in [1.82, 2.24) is 0 Å². The second-order valence-electron chi connectivity index (χ2n) is 5.57. The van der Waals surface area contributed by atoms with Gasteiger partial charge in [-0.05, 0) is 48.5 Å². The molecule has 2 aromatic carbocycles. The first-order chi connectivity index (χ1) is 11.8. The fourth-order valence-electron chi connectivity index (χ4n) is 2.18. The van der Waals surface area contributed by atoms with Gasteiger partial charge >= 0.3 is 0 Å². The van der Waals surface area contributed by atoms with Crippen LogP contribution in [0.15, 0.2) is 48.5 Å². The van der Waals surface area contributed by atoms with Gasteiger partial charge in [0.2, 0.25) is 0 Å². The molecule has 0 amide bonds. The number of hydrogen-bond acceptors (Lipinski definition) is 5. The molecule has 2 aromatic rings. The zero-order valence-electron chi connectivity index (χ0n) is 13.3. The molecular formula is C19H20O5. The normalized spacial score (nSPS) is 15.8. The first-order valence-corrected chi connectivity index (χ1v) is 7.99. The van der Waals surface area contributed by atoms with Gasteiger partial charge in [-0.3, -0.25) is 4.79 Å². The number of carbonyl (C=O) groups excluding carboxylic acids is 1. The fourth-order valence-corrected chi connectivity index (χ4v) is 2.18. The van der Waals surface area contributed by atoms with Crippen molar-refractivity contribution in [1.29, 1.82) is 0 Å². The Hall–Kier alpha value is -2.37. The Labute approximate surface area is 140 Å². The highest BCUT2D eigenvalue weighted by Gasteiger charge is 2.23. The van der Waals surface area contributed by atoms with E-state index in [1.54, 1.807) is 48.5 Å². The van der Waals surface area contributed by atoms with Gasteiger partial charge in [-0.2, -0.15) is 0 Å². The van der Waals surface area contributed by atoms with Gasteiger partial charge in [0.1, 0.15) is 24.2 Å². The van der Waals surface area contributed by atoms with Gasteiger partial charge in [-0.1, -0.05) is 0 Å². The first-order valence-electron chi connectivity index (χ1n) is 7.99. The van der Waals surface area contributed by atoms with E-state index in [2.05, 4.69) is 0 Å². The molecule has 0 aromatic heterocycles. The fraction of sp³-hybridized carbons (Fsp3) is 0.316. The summed E-state index contributed by atoms with van der Waals surface area (Å²) in [4.78, 5) is 12.5. The Morgan fingerprint density at radius 3 is 2.04 bits per heavy atom. The summed E-state index contributed by atoms with van der Waals surface area (Å²) in [5.74, 6) is 1.37. The molecule has 1 unspecified atom stereocenters. The van der Waals surface area contributed by atoms with E-state index in [1.807, 2.05) is 0 Å². The number of ketones is 1. The van der Waals surface area contributed by atoms with Crippen LogP contribution in [0.1, 0.15) is 22.3 Å². The smallest absolute Gasteiger partial charge is 0.193 e. The average Bonchev–Trinajstić information content (AvgIpc) is 3.45. The Kier molecular flexibility index (Phi) is 5.46. The lowest BCUT2D eigenvalue weighted by Crippen LogP contribution is -2.05. The maximum atomic E-state index is 12.5. The van der Waals surface area contributed by atoms with Crippen molar-refractivity contribution in [2.24, 2.45) is 0 Å². The number of aliphatic hydroxyl groups excluding tert-OH is 1. The number of epoxide rings is 1. The van der Waals surface area contributed by atoms with Crippen LogP contribution in [-0.4, -0.2) is 43.4 Å². The van der Waals surface area contributed by atoms with Gasteiger partial charge in [-0.25, -0.2) is 0 Å². The van der Waals surface area contributed by atoms with Crippen molar-refractivity contribution < 1.29 is 24.1 Å². The predicted molar refractivity (Wildman–Crippen MR) is 88.7 cm³/mol. The maximum absolute atomic E-state index is 12.5. The standard InChI is InChI=1S/C19H20O5/c20-10-1-11-22-16-6-2-14(3-7-16)19(21)15-4-8-17(9-5-15)23-12-18-13-24-18/h2-9,18,20H,1,10-13H2. The molecule has 0 radical (unpaired) electrons. The van der Waals surface area contributed by atoms with Gasteiger partial charge in [-0.15, -0.1) is 0 Å². The van der Waals surface area contributed by atoms with E-state index < -0.39 is 0 Å². The molecule has 5 nitrogen and oxygen atoms in total. The maximum Gasteiger partial charge on any atom is 0.193 e. The minimum Gasteiger partial charge on any atom is -0.494 e. The van der Waals surface area contributed by atoms with E-state index >= 15 is 0 Å². The van der Waals surface area contributed by atoms with Gasteiger partial charge in [0, 0.05) is 24.2 Å². The third-order valence-electron chi connectivity index (χ3n) is 3.64. The summed E-state index contributed by atoms with van der Waals surface area (Å²) >= 11 is 0. The lowest BCUT2D eigenvalue weighted by atomic mass is 10.0. The molecule has 24 heavy (non-hydrogen) atoms. The summed E-state index contributed by atoms with van der Waals surface area (Å²) in [7, 11) is 0. The number of carbonyl (C=O) groups is 1. The molecule has 1 saturated heterocycles. The molecule has 1 N–H and O–H groups in total. The van der Waals surface area contributed by atoms with Crippen LogP contribution in [0.3, 0.4) is 0 Å². The largest absolute Gasteiger partial charge is 0.494 e. The van der Waals surface area contributed by atoms with Crippen LogP contribution in [0, 0.1) is 0 Å². The minimum absolute atomic E-state index is 0.0472. The second-order valence-corrected chi connectivity index (χ2v) is 5.57. The molecule has 1 fully saturated rings. The van der Waals surface area contributed by atoms with Crippen LogP contribution >= 0.6 is 0 Å². The van der Waals surface area contributed by atoms with Crippen molar-refractivity contribution in [3.63, 3.8) is 0 Å². The second kappa shape index (κ2) is 7.95. The zero-order chi connectivity index (χ0) is 16.8. The molecule has 0 spiro atoms. The molecule has 1 aliphatic rings. The summed E-state index contributed by atoms with van der Waals surface area (Å²) < 4.78 is 16.1. The summed E-state index contributed by atoms with van der Waals surface area (Å²) in [6, 6.07) is 14.1. The quantitative estimate of drug-likeness (QED) is 0.435. The Bertz CT molecular complexity index is 659. The van der Waals surface area contributed by atoms with Crippen molar-refractivity contribution >= 4 is 5.78 Å². The lowest BCUT2D eigenvalue weighted by Gasteiger charge is -2.07. The van der Waals surface area contributed by atoms with E-state index in [-0.39, 0.29) is 18.5 Å². The molecule has 0 aliphatic carbocycles. The summed E-state index contributed by atoms with van der Waals surface area (Å²) in [5.41, 5.74) is 1.21. The number of ether oxygens (including phenoxy) is 3. The molecule has 0 bridgehead atoms. The molecule has 3 rings (SSSR count). The number of rotatable bonds is 9. The van der Waals surface area contributed by atoms with Crippen molar-refractivity contribution in [2.45, 2.75) is 12.5 Å². The SMILES string of the molecule is O=C(c1ccc(OCCCO)cc1)c1ccc(OCC2CO2)cc1. The molecule has 126 valence electrons. The highest BCUT2D eigenvalue weighted by molar-refractivity contribution is 6.09. The summed E-state index contributed by atoms with van der Waals surface area (Å²) in [6.07, 6.45) is 0.798. The van der Waals surface area contributed by atoms with Crippen molar-refractivity contribution in [2.75, 3.05) is 26.4 Å². The first kappa shape index (κ1) is 16.5. The molecule has 5 heteroatoms. The molecular weight excluding hydrogens is 308 g/mol. The Morgan fingerprint density at radius 1 is 1.00 bits per heavy atom. The predicted octanol–water partition coefficient (Wildman–Crippen LogP) is 2.46. The summed E-state index contributed by atoms with van der Waals surface area (Å²) in [6.45, 7) is 1.86. The third-order valence-corrected chi connectivity index (χ3v) is 3.64. The molecule has 0 saturated carbocycles. The van der Waals surface area contributed by atoms with Crippen LogP contribution in [-0.2, 0) is 4.74 Å². The van der Waals surface area contributed by atoms with Gasteiger partial charge < -0.3 is 19.3 Å². The molecule has 1 heterocycles. The average molecular weight is 328 g/mol. The van der Waals surface area contributed by atoms with E-state index in [0.717, 1.165) is 12.4 Å². The number of aliphatic hydroxyl groups is 1. The van der Waals surface area contributed by atoms with Crippen LogP contribution < -0.4 is 9.47 Å². The monoisotopic (exact) mass is 328 g/mol. The minimum atomic E-state index is -0.0472. The van der Waals surface area contributed by atoms with Crippen LogP contribution in [0.2, 0.25) is 0 Å². The van der Waals surface area contributed by atoms with Crippen LogP contribution in [0.25, 0.3) is 0 Å².